The fourth-order valence-electron chi connectivity index (χ4n) is 1.13. The van der Waals surface area contributed by atoms with E-state index in [9.17, 15) is 0 Å². The molecule has 0 aliphatic rings. The van der Waals surface area contributed by atoms with Gasteiger partial charge >= 0.3 is 0 Å². The maximum Gasteiger partial charge on any atom is 0.133 e. The van der Waals surface area contributed by atoms with Gasteiger partial charge in [-0.1, -0.05) is 19.9 Å². The zero-order valence-corrected chi connectivity index (χ0v) is 10.6. The molecule has 1 nitrogen and oxygen atoms in total. The molecule has 0 saturated carbocycles. The van der Waals surface area contributed by atoms with Crippen LogP contribution >= 0.6 is 15.9 Å². The van der Waals surface area contributed by atoms with Crippen molar-refractivity contribution in [3.05, 3.63) is 28.2 Å². The maximum atomic E-state index is 5.66. The van der Waals surface area contributed by atoms with E-state index in [0.717, 1.165) is 23.2 Å². The molecule has 0 unspecified atom stereocenters. The molecule has 0 radical (unpaired) electrons. The van der Waals surface area contributed by atoms with E-state index in [1.165, 1.54) is 5.56 Å². The van der Waals surface area contributed by atoms with Gasteiger partial charge in [-0.25, -0.2) is 0 Å². The van der Waals surface area contributed by atoms with Gasteiger partial charge in [0, 0.05) is 0 Å². The fourth-order valence-corrected chi connectivity index (χ4v) is 1.74. The number of ether oxygens (including phenoxy) is 1. The lowest BCUT2D eigenvalue weighted by Crippen LogP contribution is -2.01. The SMILES string of the molecule is Cc1ccc(OCCC(C)C)c(Br)c1. The molecule has 78 valence electrons. The summed E-state index contributed by atoms with van der Waals surface area (Å²) in [4.78, 5) is 0. The number of halogens is 1. The quantitative estimate of drug-likeness (QED) is 0.786. The van der Waals surface area contributed by atoms with Gasteiger partial charge in [0.2, 0.25) is 0 Å². The zero-order valence-electron chi connectivity index (χ0n) is 9.01. The highest BCUT2D eigenvalue weighted by molar-refractivity contribution is 9.10. The third-order valence-corrected chi connectivity index (χ3v) is 2.66. The monoisotopic (exact) mass is 256 g/mol. The number of aryl methyl sites for hydroxylation is 1. The van der Waals surface area contributed by atoms with Gasteiger partial charge in [-0.3, -0.25) is 0 Å². The second-order valence-electron chi connectivity index (χ2n) is 3.96. The minimum atomic E-state index is 0.694. The lowest BCUT2D eigenvalue weighted by Gasteiger charge is -2.09. The van der Waals surface area contributed by atoms with Crippen LogP contribution in [0, 0.1) is 12.8 Å². The first-order valence-corrected chi connectivity index (χ1v) is 5.78. The normalized spacial score (nSPS) is 10.6. The van der Waals surface area contributed by atoms with Gasteiger partial charge in [0.1, 0.15) is 5.75 Å². The molecule has 14 heavy (non-hydrogen) atoms. The van der Waals surface area contributed by atoms with E-state index in [0.29, 0.717) is 5.92 Å². The number of hydrogen-bond donors (Lipinski definition) is 0. The van der Waals surface area contributed by atoms with Crippen LogP contribution in [0.25, 0.3) is 0 Å². The van der Waals surface area contributed by atoms with Gasteiger partial charge in [0.05, 0.1) is 11.1 Å². The lowest BCUT2D eigenvalue weighted by atomic mass is 10.1. The molecule has 0 aromatic heterocycles. The van der Waals surface area contributed by atoms with Crippen molar-refractivity contribution in [1.29, 1.82) is 0 Å². The van der Waals surface area contributed by atoms with Crippen LogP contribution in [0.3, 0.4) is 0 Å². The zero-order chi connectivity index (χ0) is 10.6. The summed E-state index contributed by atoms with van der Waals surface area (Å²) in [6, 6.07) is 6.15. The molecule has 0 saturated heterocycles. The Hall–Kier alpha value is -0.500. The van der Waals surface area contributed by atoms with Crippen molar-refractivity contribution in [1.82, 2.24) is 0 Å². The molecule has 0 N–H and O–H groups in total. The van der Waals surface area contributed by atoms with Crippen LogP contribution < -0.4 is 4.74 Å². The second-order valence-corrected chi connectivity index (χ2v) is 4.82. The molecule has 0 aliphatic carbocycles. The van der Waals surface area contributed by atoms with Crippen LogP contribution in [0.4, 0.5) is 0 Å². The highest BCUT2D eigenvalue weighted by Gasteiger charge is 2.01. The topological polar surface area (TPSA) is 9.23 Å². The Bertz CT molecular complexity index is 294. The average Bonchev–Trinajstić information content (AvgIpc) is 2.08. The summed E-state index contributed by atoms with van der Waals surface area (Å²) in [7, 11) is 0. The third kappa shape index (κ3) is 3.70. The summed E-state index contributed by atoms with van der Waals surface area (Å²) in [5, 5.41) is 0. The molecule has 0 atom stereocenters. The summed E-state index contributed by atoms with van der Waals surface area (Å²) in [6.45, 7) is 7.27. The Kier molecular flexibility index (Phi) is 4.46. The highest BCUT2D eigenvalue weighted by Crippen LogP contribution is 2.25. The molecule has 2 heteroatoms. The third-order valence-electron chi connectivity index (χ3n) is 2.04. The van der Waals surface area contributed by atoms with Crippen molar-refractivity contribution in [3.63, 3.8) is 0 Å². The molecular formula is C12H17BrO. The van der Waals surface area contributed by atoms with Gasteiger partial charge in [-0.15, -0.1) is 0 Å². The van der Waals surface area contributed by atoms with E-state index in [-0.39, 0.29) is 0 Å². The molecule has 0 spiro atoms. The molecular weight excluding hydrogens is 240 g/mol. The predicted octanol–water partition coefficient (Wildman–Crippen LogP) is 4.18. The van der Waals surface area contributed by atoms with Crippen LogP contribution in [-0.4, -0.2) is 6.61 Å². The van der Waals surface area contributed by atoms with Crippen LogP contribution in [0.15, 0.2) is 22.7 Å². The number of rotatable bonds is 4. The summed E-state index contributed by atoms with van der Waals surface area (Å²) < 4.78 is 6.70. The minimum absolute atomic E-state index is 0.694. The van der Waals surface area contributed by atoms with Crippen molar-refractivity contribution >= 4 is 15.9 Å². The number of hydrogen-bond acceptors (Lipinski definition) is 1. The Morgan fingerprint density at radius 3 is 2.64 bits per heavy atom. The highest BCUT2D eigenvalue weighted by atomic mass is 79.9. The molecule has 1 rings (SSSR count). The molecule has 0 aliphatic heterocycles. The van der Waals surface area contributed by atoms with Crippen LogP contribution in [0.5, 0.6) is 5.75 Å². The Labute approximate surface area is 94.6 Å². The van der Waals surface area contributed by atoms with Gasteiger partial charge in [0.15, 0.2) is 0 Å². The second kappa shape index (κ2) is 5.40. The standard InChI is InChI=1S/C12H17BrO/c1-9(2)6-7-14-12-5-4-10(3)8-11(12)13/h4-5,8-9H,6-7H2,1-3H3. The van der Waals surface area contributed by atoms with E-state index in [1.54, 1.807) is 0 Å². The van der Waals surface area contributed by atoms with Gasteiger partial charge in [-0.05, 0) is 52.9 Å². The summed E-state index contributed by atoms with van der Waals surface area (Å²) in [6.07, 6.45) is 1.10. The average molecular weight is 257 g/mol. The first kappa shape index (κ1) is 11.6. The van der Waals surface area contributed by atoms with Crippen molar-refractivity contribution in [2.75, 3.05) is 6.61 Å². The molecule has 1 aromatic rings. The predicted molar refractivity (Wildman–Crippen MR) is 63.8 cm³/mol. The van der Waals surface area contributed by atoms with Crippen molar-refractivity contribution in [2.45, 2.75) is 27.2 Å². The smallest absolute Gasteiger partial charge is 0.133 e. The first-order valence-electron chi connectivity index (χ1n) is 4.98. The minimum Gasteiger partial charge on any atom is -0.492 e. The Morgan fingerprint density at radius 1 is 1.36 bits per heavy atom. The molecule has 0 bridgehead atoms. The summed E-state index contributed by atoms with van der Waals surface area (Å²) in [5.74, 6) is 1.63. The van der Waals surface area contributed by atoms with Crippen LogP contribution in [0.1, 0.15) is 25.8 Å². The maximum absolute atomic E-state index is 5.66. The molecule has 0 heterocycles. The van der Waals surface area contributed by atoms with Gasteiger partial charge < -0.3 is 4.74 Å². The first-order chi connectivity index (χ1) is 6.59. The molecule has 0 amide bonds. The largest absolute Gasteiger partial charge is 0.492 e. The van der Waals surface area contributed by atoms with E-state index in [4.69, 9.17) is 4.74 Å². The van der Waals surface area contributed by atoms with Gasteiger partial charge in [0.25, 0.3) is 0 Å². The Balaban J connectivity index is 2.51. The van der Waals surface area contributed by atoms with E-state index in [1.807, 2.05) is 6.07 Å². The van der Waals surface area contributed by atoms with Crippen LogP contribution in [-0.2, 0) is 0 Å². The number of benzene rings is 1. The van der Waals surface area contributed by atoms with Crippen molar-refractivity contribution < 1.29 is 4.74 Å². The molecule has 0 fully saturated rings. The van der Waals surface area contributed by atoms with E-state index < -0.39 is 0 Å². The molecule has 1 aromatic carbocycles. The van der Waals surface area contributed by atoms with Gasteiger partial charge in [-0.2, -0.15) is 0 Å². The van der Waals surface area contributed by atoms with Crippen molar-refractivity contribution in [2.24, 2.45) is 5.92 Å². The van der Waals surface area contributed by atoms with Crippen LogP contribution in [0.2, 0.25) is 0 Å². The summed E-state index contributed by atoms with van der Waals surface area (Å²) in [5.41, 5.74) is 1.24. The van der Waals surface area contributed by atoms with Crippen molar-refractivity contribution in [3.8, 4) is 5.75 Å². The van der Waals surface area contributed by atoms with E-state index >= 15 is 0 Å². The Morgan fingerprint density at radius 2 is 2.07 bits per heavy atom. The summed E-state index contributed by atoms with van der Waals surface area (Å²) >= 11 is 3.49. The fraction of sp³-hybridized carbons (Fsp3) is 0.500. The van der Waals surface area contributed by atoms with E-state index in [2.05, 4.69) is 48.8 Å². The lowest BCUT2D eigenvalue weighted by molar-refractivity contribution is 0.288.